The smallest absolute Gasteiger partial charge is 0.161 e. The van der Waals surface area contributed by atoms with E-state index in [0.717, 1.165) is 5.39 Å². The van der Waals surface area contributed by atoms with Gasteiger partial charge < -0.3 is 5.32 Å². The molecule has 0 spiro atoms. The van der Waals surface area contributed by atoms with E-state index < -0.39 is 12.5 Å². The van der Waals surface area contributed by atoms with Gasteiger partial charge in [-0.15, -0.1) is 0 Å². The summed E-state index contributed by atoms with van der Waals surface area (Å²) in [5.74, 6) is 0.109. The van der Waals surface area contributed by atoms with Crippen LogP contribution in [0.25, 0.3) is 22.3 Å². The lowest BCUT2D eigenvalue weighted by atomic mass is 10.1. The summed E-state index contributed by atoms with van der Waals surface area (Å²) in [6.45, 7) is -0.675. The van der Waals surface area contributed by atoms with Crippen molar-refractivity contribution in [1.82, 2.24) is 19.9 Å². The minimum atomic E-state index is -0.675. The summed E-state index contributed by atoms with van der Waals surface area (Å²) in [5, 5.41) is 3.94. The fourth-order valence-corrected chi connectivity index (χ4v) is 2.65. The van der Waals surface area contributed by atoms with Gasteiger partial charge in [-0.25, -0.2) is 28.7 Å². The fraction of sp³-hybridized carbons (Fsp3) is 0.0526. The summed E-state index contributed by atoms with van der Waals surface area (Å²) in [6, 6.07) is 11.2. The van der Waals surface area contributed by atoms with Crippen molar-refractivity contribution in [1.29, 1.82) is 0 Å². The number of halogens is 2. The molecule has 4 aromatic rings. The minimum Gasteiger partial charge on any atom is -0.339 e. The molecular weight excluding hydrogens is 336 g/mol. The van der Waals surface area contributed by atoms with Gasteiger partial charge in [-0.1, -0.05) is 6.07 Å². The van der Waals surface area contributed by atoms with Crippen LogP contribution in [0.15, 0.2) is 61.2 Å². The molecule has 0 bridgehead atoms. The van der Waals surface area contributed by atoms with Crippen LogP contribution in [0.4, 0.5) is 20.3 Å². The first-order chi connectivity index (χ1) is 12.7. The Labute approximate surface area is 147 Å². The van der Waals surface area contributed by atoms with Gasteiger partial charge in [0.25, 0.3) is 0 Å². The SMILES string of the molecule is FCc1ccc(F)c(-c2cc(Nc3ccncn3)c3cccnc3n2)c1. The van der Waals surface area contributed by atoms with Gasteiger partial charge in [0.05, 0.1) is 11.4 Å². The molecule has 0 fully saturated rings. The van der Waals surface area contributed by atoms with E-state index in [2.05, 4.69) is 25.3 Å². The van der Waals surface area contributed by atoms with Crippen LogP contribution < -0.4 is 5.32 Å². The van der Waals surface area contributed by atoms with Crippen LogP contribution >= 0.6 is 0 Å². The summed E-state index contributed by atoms with van der Waals surface area (Å²) in [7, 11) is 0. The van der Waals surface area contributed by atoms with Crippen molar-refractivity contribution in [2.45, 2.75) is 6.67 Å². The summed E-state index contributed by atoms with van der Waals surface area (Å²) in [4.78, 5) is 16.7. The number of anilines is 2. The first-order valence-electron chi connectivity index (χ1n) is 7.88. The number of pyridine rings is 2. The molecule has 0 saturated carbocycles. The van der Waals surface area contributed by atoms with Crippen molar-refractivity contribution in [3.8, 4) is 11.3 Å². The Hall–Kier alpha value is -3.48. The zero-order chi connectivity index (χ0) is 17.9. The Morgan fingerprint density at radius 1 is 1.00 bits per heavy atom. The number of nitrogens with zero attached hydrogens (tertiary/aromatic N) is 4. The van der Waals surface area contributed by atoms with Gasteiger partial charge in [0, 0.05) is 23.3 Å². The number of hydrogen-bond acceptors (Lipinski definition) is 5. The summed E-state index contributed by atoms with van der Waals surface area (Å²) < 4.78 is 27.3. The number of rotatable bonds is 4. The van der Waals surface area contributed by atoms with E-state index in [1.807, 2.05) is 6.07 Å². The van der Waals surface area contributed by atoms with Crippen LogP contribution in [0.1, 0.15) is 5.56 Å². The molecule has 0 aliphatic carbocycles. The average molecular weight is 349 g/mol. The molecule has 1 N–H and O–H groups in total. The van der Waals surface area contributed by atoms with Gasteiger partial charge in [0.1, 0.15) is 24.6 Å². The van der Waals surface area contributed by atoms with E-state index >= 15 is 0 Å². The van der Waals surface area contributed by atoms with Crippen LogP contribution in [0.3, 0.4) is 0 Å². The molecule has 0 saturated heterocycles. The van der Waals surface area contributed by atoms with Crippen molar-refractivity contribution >= 4 is 22.5 Å². The van der Waals surface area contributed by atoms with Crippen LogP contribution in [-0.4, -0.2) is 19.9 Å². The van der Waals surface area contributed by atoms with E-state index in [4.69, 9.17) is 0 Å². The number of fused-ring (bicyclic) bond motifs is 1. The van der Waals surface area contributed by atoms with Crippen LogP contribution in [-0.2, 0) is 6.67 Å². The highest BCUT2D eigenvalue weighted by Crippen LogP contribution is 2.31. The molecule has 3 heterocycles. The van der Waals surface area contributed by atoms with E-state index in [9.17, 15) is 8.78 Å². The monoisotopic (exact) mass is 349 g/mol. The van der Waals surface area contributed by atoms with Gasteiger partial charge in [-0.2, -0.15) is 0 Å². The van der Waals surface area contributed by atoms with E-state index in [1.165, 1.54) is 24.5 Å². The molecule has 3 aromatic heterocycles. The zero-order valence-corrected chi connectivity index (χ0v) is 13.5. The standard InChI is InChI=1S/C19H13F2N5/c20-10-12-3-4-15(21)14(8-12)17-9-16(25-18-5-7-22-11-24-18)13-2-1-6-23-19(13)26-17/h1-9,11H,10H2,(H,22,23,24,25,26). The van der Waals surface area contributed by atoms with E-state index in [1.54, 1.807) is 30.6 Å². The third-order valence-corrected chi connectivity index (χ3v) is 3.89. The predicted molar refractivity (Wildman–Crippen MR) is 95.1 cm³/mol. The number of hydrogen-bond donors (Lipinski definition) is 1. The van der Waals surface area contributed by atoms with Gasteiger partial charge in [0.15, 0.2) is 5.65 Å². The van der Waals surface area contributed by atoms with Gasteiger partial charge in [-0.05, 0) is 42.0 Å². The Morgan fingerprint density at radius 3 is 2.73 bits per heavy atom. The van der Waals surface area contributed by atoms with Crippen molar-refractivity contribution in [3.63, 3.8) is 0 Å². The Bertz CT molecular complexity index is 1070. The summed E-state index contributed by atoms with van der Waals surface area (Å²) >= 11 is 0. The molecule has 0 radical (unpaired) electrons. The van der Waals surface area contributed by atoms with Crippen molar-refractivity contribution in [2.24, 2.45) is 0 Å². The molecule has 1 aromatic carbocycles. The number of benzene rings is 1. The lowest BCUT2D eigenvalue weighted by molar-refractivity contribution is 0.484. The number of aromatic nitrogens is 4. The second-order valence-electron chi connectivity index (χ2n) is 5.60. The third-order valence-electron chi connectivity index (χ3n) is 3.89. The molecule has 0 atom stereocenters. The fourth-order valence-electron chi connectivity index (χ4n) is 2.65. The van der Waals surface area contributed by atoms with Crippen LogP contribution in [0.2, 0.25) is 0 Å². The average Bonchev–Trinajstić information content (AvgIpc) is 2.69. The predicted octanol–water partition coefficient (Wildman–Crippen LogP) is 4.44. The Kier molecular flexibility index (Phi) is 4.18. The Morgan fingerprint density at radius 2 is 1.92 bits per heavy atom. The first kappa shape index (κ1) is 16.0. The highest BCUT2D eigenvalue weighted by molar-refractivity contribution is 5.93. The van der Waals surface area contributed by atoms with E-state index in [0.29, 0.717) is 28.4 Å². The summed E-state index contributed by atoms with van der Waals surface area (Å²) in [6.07, 6.45) is 4.65. The summed E-state index contributed by atoms with van der Waals surface area (Å²) in [5.41, 5.74) is 2.09. The molecule has 0 aliphatic heterocycles. The maximum Gasteiger partial charge on any atom is 0.161 e. The number of nitrogens with one attached hydrogen (secondary N) is 1. The second-order valence-corrected chi connectivity index (χ2v) is 5.60. The molecule has 5 nitrogen and oxygen atoms in total. The minimum absolute atomic E-state index is 0.221. The zero-order valence-electron chi connectivity index (χ0n) is 13.5. The largest absolute Gasteiger partial charge is 0.339 e. The molecule has 4 rings (SSSR count). The van der Waals surface area contributed by atoms with Crippen molar-refractivity contribution < 1.29 is 8.78 Å². The molecule has 128 valence electrons. The van der Waals surface area contributed by atoms with E-state index in [-0.39, 0.29) is 5.56 Å². The Balaban J connectivity index is 1.89. The number of alkyl halides is 1. The highest BCUT2D eigenvalue weighted by atomic mass is 19.1. The molecule has 0 amide bonds. The van der Waals surface area contributed by atoms with Gasteiger partial charge in [-0.3, -0.25) is 0 Å². The molecule has 0 aliphatic rings. The lowest BCUT2D eigenvalue weighted by Gasteiger charge is -2.12. The quantitative estimate of drug-likeness (QED) is 0.590. The molecule has 7 heteroatoms. The third kappa shape index (κ3) is 3.06. The van der Waals surface area contributed by atoms with Crippen LogP contribution in [0.5, 0.6) is 0 Å². The molecule has 26 heavy (non-hydrogen) atoms. The maximum atomic E-state index is 14.3. The van der Waals surface area contributed by atoms with Gasteiger partial charge >= 0.3 is 0 Å². The van der Waals surface area contributed by atoms with Crippen molar-refractivity contribution in [2.75, 3.05) is 5.32 Å². The highest BCUT2D eigenvalue weighted by Gasteiger charge is 2.13. The topological polar surface area (TPSA) is 63.6 Å². The van der Waals surface area contributed by atoms with Crippen molar-refractivity contribution in [3.05, 3.63) is 72.6 Å². The second kappa shape index (κ2) is 6.79. The normalized spacial score (nSPS) is 10.8. The first-order valence-corrected chi connectivity index (χ1v) is 7.88. The molecule has 0 unspecified atom stereocenters. The van der Waals surface area contributed by atoms with Gasteiger partial charge in [0.2, 0.25) is 0 Å². The molecular formula is C19H13F2N5. The maximum absolute atomic E-state index is 14.3. The van der Waals surface area contributed by atoms with Crippen LogP contribution in [0, 0.1) is 5.82 Å². The lowest BCUT2D eigenvalue weighted by Crippen LogP contribution is -1.99.